The number of benzene rings is 2. The molecular formula is C33H40N2S. The van der Waals surface area contributed by atoms with Crippen molar-refractivity contribution in [1.82, 2.24) is 10.6 Å². The van der Waals surface area contributed by atoms with Crippen molar-refractivity contribution in [2.75, 3.05) is 0 Å². The summed E-state index contributed by atoms with van der Waals surface area (Å²) in [5.74, 6) is 2.71. The lowest BCUT2D eigenvalue weighted by Gasteiger charge is -2.15. The summed E-state index contributed by atoms with van der Waals surface area (Å²) in [4.78, 5) is 0.627. The molecule has 0 radical (unpaired) electrons. The maximum absolute atomic E-state index is 5.67. The van der Waals surface area contributed by atoms with Crippen molar-refractivity contribution in [2.24, 2.45) is 0 Å². The third kappa shape index (κ3) is 8.40. The van der Waals surface area contributed by atoms with E-state index in [4.69, 9.17) is 18.6 Å². The van der Waals surface area contributed by atoms with E-state index in [0.29, 0.717) is 24.5 Å². The Hall–Kier alpha value is -3.35. The van der Waals surface area contributed by atoms with E-state index in [-0.39, 0.29) is 0 Å². The molecule has 2 nitrogen and oxygen atoms in total. The number of terminal acetylenes is 1. The quantitative estimate of drug-likeness (QED) is 0.128. The minimum absolute atomic E-state index is 0.421. The molecule has 0 heterocycles. The molecule has 0 amide bonds. The molecule has 0 aliphatic carbocycles. The van der Waals surface area contributed by atoms with Crippen molar-refractivity contribution in [2.45, 2.75) is 66.5 Å². The van der Waals surface area contributed by atoms with E-state index in [2.05, 4.69) is 93.5 Å². The number of allylic oxidation sites excluding steroid dienone is 2. The summed E-state index contributed by atoms with van der Waals surface area (Å²) < 4.78 is 0. The Labute approximate surface area is 224 Å². The zero-order valence-electron chi connectivity index (χ0n) is 22.4. The third-order valence-corrected chi connectivity index (χ3v) is 6.61. The van der Waals surface area contributed by atoms with Gasteiger partial charge in [0.15, 0.2) is 0 Å². The number of hydrogen-bond acceptors (Lipinski definition) is 2. The van der Waals surface area contributed by atoms with Gasteiger partial charge in [0.2, 0.25) is 0 Å². The molecule has 0 atom stereocenters. The molecule has 0 saturated carbocycles. The average Bonchev–Trinajstić information content (AvgIpc) is 2.85. The van der Waals surface area contributed by atoms with E-state index < -0.39 is 0 Å². The van der Waals surface area contributed by atoms with Gasteiger partial charge in [-0.05, 0) is 77.3 Å². The topological polar surface area (TPSA) is 24.1 Å². The number of aryl methyl sites for hydroxylation is 3. The standard InChI is InChI=1S/C33H40N2S/c1-9-12-30-16-14-28(20-29(30)11-3)21-34-26(8)24(6)19-31(13-10-2)33(36)35-22-27-15-17-32(23(4)5)25(7)18-27/h2,14-20,34H,4,6,8-9,11-13,21-22H2,1,3,5,7H3,(H,35,36)/b31-19+. The number of thiocarbonyl (C=S) groups is 1. The van der Waals surface area contributed by atoms with Crippen LogP contribution in [0.1, 0.15) is 67.0 Å². The Morgan fingerprint density at radius 2 is 1.67 bits per heavy atom. The fourth-order valence-corrected chi connectivity index (χ4v) is 4.37. The highest BCUT2D eigenvalue weighted by Crippen LogP contribution is 2.19. The van der Waals surface area contributed by atoms with E-state index in [0.717, 1.165) is 47.2 Å². The highest BCUT2D eigenvalue weighted by Gasteiger charge is 2.08. The summed E-state index contributed by atoms with van der Waals surface area (Å²) in [7, 11) is 0. The van der Waals surface area contributed by atoms with Gasteiger partial charge in [-0.1, -0.05) is 94.2 Å². The molecule has 0 aliphatic heterocycles. The lowest BCUT2D eigenvalue weighted by molar-refractivity contribution is 0.822. The Balaban J connectivity index is 2.02. The second-order valence-corrected chi connectivity index (χ2v) is 9.63. The Bertz CT molecular complexity index is 1210. The van der Waals surface area contributed by atoms with Crippen LogP contribution in [0.5, 0.6) is 0 Å². The molecule has 36 heavy (non-hydrogen) atoms. The van der Waals surface area contributed by atoms with Gasteiger partial charge in [0.05, 0.1) is 0 Å². The zero-order chi connectivity index (χ0) is 26.7. The second-order valence-electron chi connectivity index (χ2n) is 9.23. The number of rotatable bonds is 13. The number of hydrogen-bond donors (Lipinski definition) is 2. The van der Waals surface area contributed by atoms with E-state index in [9.17, 15) is 0 Å². The minimum atomic E-state index is 0.421. The summed E-state index contributed by atoms with van der Waals surface area (Å²) in [6.45, 7) is 22.3. The van der Waals surface area contributed by atoms with Crippen molar-refractivity contribution in [3.63, 3.8) is 0 Å². The van der Waals surface area contributed by atoms with Crippen molar-refractivity contribution in [3.8, 4) is 12.3 Å². The predicted octanol–water partition coefficient (Wildman–Crippen LogP) is 7.77. The van der Waals surface area contributed by atoms with Gasteiger partial charge in [-0.3, -0.25) is 0 Å². The van der Waals surface area contributed by atoms with Crippen LogP contribution in [0.2, 0.25) is 0 Å². The first-order chi connectivity index (χ1) is 17.2. The van der Waals surface area contributed by atoms with Crippen LogP contribution < -0.4 is 10.6 Å². The fraction of sp³-hybridized carbons (Fsp3) is 0.303. The van der Waals surface area contributed by atoms with Crippen molar-refractivity contribution >= 4 is 22.8 Å². The highest BCUT2D eigenvalue weighted by atomic mass is 32.1. The van der Waals surface area contributed by atoms with Crippen LogP contribution in [0.25, 0.3) is 5.57 Å². The van der Waals surface area contributed by atoms with E-state index in [1.165, 1.54) is 27.8 Å². The molecule has 188 valence electrons. The molecule has 0 fully saturated rings. The van der Waals surface area contributed by atoms with Gasteiger partial charge in [0, 0.05) is 25.2 Å². The van der Waals surface area contributed by atoms with Gasteiger partial charge >= 0.3 is 0 Å². The van der Waals surface area contributed by atoms with E-state index in [1.54, 1.807) is 0 Å². The normalized spacial score (nSPS) is 10.9. The van der Waals surface area contributed by atoms with Gasteiger partial charge in [-0.2, -0.15) is 0 Å². The van der Waals surface area contributed by atoms with Crippen LogP contribution in [-0.4, -0.2) is 4.99 Å². The maximum Gasteiger partial charge on any atom is 0.103 e. The summed E-state index contributed by atoms with van der Waals surface area (Å²) in [6, 6.07) is 13.1. The summed E-state index contributed by atoms with van der Waals surface area (Å²) in [5.41, 5.74) is 11.1. The third-order valence-electron chi connectivity index (χ3n) is 6.20. The van der Waals surface area contributed by atoms with Crippen molar-refractivity contribution in [1.29, 1.82) is 0 Å². The van der Waals surface area contributed by atoms with Crippen LogP contribution in [0.3, 0.4) is 0 Å². The van der Waals surface area contributed by atoms with Crippen LogP contribution in [0.4, 0.5) is 0 Å². The van der Waals surface area contributed by atoms with Crippen LogP contribution in [0, 0.1) is 19.3 Å². The molecule has 2 N–H and O–H groups in total. The van der Waals surface area contributed by atoms with E-state index in [1.807, 2.05) is 13.0 Å². The summed E-state index contributed by atoms with van der Waals surface area (Å²) in [6.07, 6.45) is 11.3. The first-order valence-corrected chi connectivity index (χ1v) is 13.0. The predicted molar refractivity (Wildman–Crippen MR) is 162 cm³/mol. The molecule has 2 aromatic carbocycles. The van der Waals surface area contributed by atoms with Gasteiger partial charge in [-0.15, -0.1) is 12.3 Å². The Morgan fingerprint density at radius 1 is 1.00 bits per heavy atom. The average molecular weight is 497 g/mol. The monoisotopic (exact) mass is 496 g/mol. The second kappa shape index (κ2) is 14.3. The largest absolute Gasteiger partial charge is 0.381 e. The highest BCUT2D eigenvalue weighted by molar-refractivity contribution is 7.80. The lowest BCUT2D eigenvalue weighted by Crippen LogP contribution is -2.23. The lowest BCUT2D eigenvalue weighted by atomic mass is 9.98. The molecule has 0 aromatic heterocycles. The van der Waals surface area contributed by atoms with Crippen LogP contribution in [0.15, 0.2) is 79.1 Å². The summed E-state index contributed by atoms with van der Waals surface area (Å²) in [5, 5.41) is 6.75. The maximum atomic E-state index is 5.67. The fourth-order valence-electron chi connectivity index (χ4n) is 4.17. The Morgan fingerprint density at radius 3 is 2.28 bits per heavy atom. The van der Waals surface area contributed by atoms with Gasteiger partial charge in [0.1, 0.15) is 4.99 Å². The van der Waals surface area contributed by atoms with Gasteiger partial charge in [0.25, 0.3) is 0 Å². The first-order valence-electron chi connectivity index (χ1n) is 12.6. The molecule has 2 rings (SSSR count). The molecule has 0 saturated heterocycles. The summed E-state index contributed by atoms with van der Waals surface area (Å²) >= 11 is 5.67. The smallest absolute Gasteiger partial charge is 0.103 e. The van der Waals surface area contributed by atoms with Crippen LogP contribution >= 0.6 is 12.2 Å². The van der Waals surface area contributed by atoms with E-state index >= 15 is 0 Å². The molecule has 0 unspecified atom stereocenters. The molecule has 2 aromatic rings. The first kappa shape index (κ1) is 28.9. The minimum Gasteiger partial charge on any atom is -0.381 e. The van der Waals surface area contributed by atoms with Crippen LogP contribution in [-0.2, 0) is 25.9 Å². The van der Waals surface area contributed by atoms with Gasteiger partial charge in [-0.25, -0.2) is 0 Å². The van der Waals surface area contributed by atoms with Gasteiger partial charge < -0.3 is 10.6 Å². The molecule has 0 spiro atoms. The molecule has 0 bridgehead atoms. The Kier molecular flexibility index (Phi) is 11.4. The number of nitrogens with one attached hydrogen (secondary N) is 2. The molecule has 0 aliphatic rings. The molecule has 3 heteroatoms. The SMILES string of the molecule is C#CC/C(=C\C(=C)C(=C)NCc1ccc(CCC)c(CC)c1)C(=S)NCc1ccc(C(=C)C)c(C)c1. The van der Waals surface area contributed by atoms with Crippen molar-refractivity contribution < 1.29 is 0 Å². The molecular weight excluding hydrogens is 456 g/mol. The van der Waals surface area contributed by atoms with Crippen molar-refractivity contribution in [3.05, 3.63) is 112 Å². The zero-order valence-corrected chi connectivity index (χ0v) is 23.2.